The average Bonchev–Trinajstić information content (AvgIpc) is 2.61. The van der Waals surface area contributed by atoms with Gasteiger partial charge in [0.1, 0.15) is 18.1 Å². The van der Waals surface area contributed by atoms with Crippen molar-refractivity contribution < 1.29 is 29.7 Å². The molecule has 0 saturated heterocycles. The fourth-order valence-corrected chi connectivity index (χ4v) is 1.53. The van der Waals surface area contributed by atoms with E-state index < -0.39 is 36.0 Å². The Kier molecular flexibility index (Phi) is 14.4. The zero-order valence-corrected chi connectivity index (χ0v) is 16.8. The molecule has 1 rings (SSSR count). The molecule has 3 atom stereocenters. The van der Waals surface area contributed by atoms with Crippen molar-refractivity contribution in [3.8, 4) is 0 Å². The molecule has 0 amide bonds. The maximum absolute atomic E-state index is 10.4. The number of benzene rings is 1. The summed E-state index contributed by atoms with van der Waals surface area (Å²) in [6.45, 7) is 7.11. The first-order chi connectivity index (χ1) is 12.8. The molecule has 0 bridgehead atoms. The molecule has 1 aromatic carbocycles. The second-order valence-electron chi connectivity index (χ2n) is 6.85. The lowest BCUT2D eigenvalue weighted by Crippen LogP contribution is -2.34. The molecule has 160 valence electrons. The van der Waals surface area contributed by atoms with Crippen molar-refractivity contribution in [3.63, 3.8) is 0 Å². The van der Waals surface area contributed by atoms with Crippen LogP contribution in [0.4, 0.5) is 0 Å². The van der Waals surface area contributed by atoms with E-state index in [1.54, 1.807) is 27.7 Å². The van der Waals surface area contributed by atoms with Gasteiger partial charge in [-0.3, -0.25) is 14.4 Å². The minimum absolute atomic E-state index is 0.0208. The molecule has 0 aliphatic rings. The highest BCUT2D eigenvalue weighted by molar-refractivity contribution is 5.74. The predicted molar refractivity (Wildman–Crippen MR) is 107 cm³/mol. The molecule has 0 heterocycles. The molecule has 0 aromatic heterocycles. The summed E-state index contributed by atoms with van der Waals surface area (Å²) in [4.78, 5) is 30.4. The van der Waals surface area contributed by atoms with Crippen LogP contribution in [0.1, 0.15) is 33.3 Å². The predicted octanol–water partition coefficient (Wildman–Crippen LogP) is 0.750. The number of carbonyl (C=O) groups is 3. The zero-order valence-electron chi connectivity index (χ0n) is 16.8. The van der Waals surface area contributed by atoms with Crippen LogP contribution in [0.3, 0.4) is 0 Å². The first kappa shape index (κ1) is 27.7. The lowest BCUT2D eigenvalue weighted by Gasteiger charge is -2.07. The molecule has 9 nitrogen and oxygen atoms in total. The molecule has 0 spiro atoms. The van der Waals surface area contributed by atoms with E-state index in [1.165, 1.54) is 0 Å². The van der Waals surface area contributed by atoms with Crippen LogP contribution in [-0.2, 0) is 20.8 Å². The minimum atomic E-state index is -0.959. The van der Waals surface area contributed by atoms with Crippen molar-refractivity contribution in [1.29, 1.82) is 0 Å². The molecule has 0 aliphatic carbocycles. The highest BCUT2D eigenvalue weighted by Crippen LogP contribution is 2.01. The Hall–Kier alpha value is -2.49. The smallest absolute Gasteiger partial charge is 0.320 e. The SMILES string of the molecule is CC(C)C(N)C(=O)O.CC(C)[C@H](N)C(=O)O.NC(Cc1ccccc1)C(=O)O. The maximum Gasteiger partial charge on any atom is 0.320 e. The Morgan fingerprint density at radius 2 is 1.11 bits per heavy atom. The van der Waals surface area contributed by atoms with Gasteiger partial charge in [0.2, 0.25) is 0 Å². The molecular weight excluding hydrogens is 366 g/mol. The van der Waals surface area contributed by atoms with Gasteiger partial charge in [0.15, 0.2) is 0 Å². The van der Waals surface area contributed by atoms with E-state index in [0.29, 0.717) is 6.42 Å². The fourth-order valence-electron chi connectivity index (χ4n) is 1.53. The number of nitrogens with two attached hydrogens (primary N) is 3. The van der Waals surface area contributed by atoms with Crippen LogP contribution < -0.4 is 17.2 Å². The highest BCUT2D eigenvalue weighted by Gasteiger charge is 2.15. The summed E-state index contributed by atoms with van der Waals surface area (Å²) in [5.74, 6) is -2.78. The Morgan fingerprint density at radius 3 is 1.32 bits per heavy atom. The van der Waals surface area contributed by atoms with Crippen molar-refractivity contribution >= 4 is 17.9 Å². The van der Waals surface area contributed by atoms with Gasteiger partial charge in [-0.15, -0.1) is 0 Å². The Labute approximate surface area is 165 Å². The van der Waals surface area contributed by atoms with Crippen LogP contribution in [0, 0.1) is 11.8 Å². The van der Waals surface area contributed by atoms with Crippen molar-refractivity contribution in [2.75, 3.05) is 0 Å². The van der Waals surface area contributed by atoms with Gasteiger partial charge in [-0.2, -0.15) is 0 Å². The highest BCUT2D eigenvalue weighted by atomic mass is 16.4. The molecule has 2 unspecified atom stereocenters. The van der Waals surface area contributed by atoms with Crippen LogP contribution in [0.15, 0.2) is 30.3 Å². The number of rotatable bonds is 7. The fraction of sp³-hybridized carbons (Fsp3) is 0.526. The first-order valence-corrected chi connectivity index (χ1v) is 8.80. The molecule has 0 fully saturated rings. The molecular formula is C19H33N3O6. The normalized spacial score (nSPS) is 13.3. The average molecular weight is 399 g/mol. The van der Waals surface area contributed by atoms with E-state index in [2.05, 4.69) is 0 Å². The van der Waals surface area contributed by atoms with Gasteiger partial charge in [-0.1, -0.05) is 58.0 Å². The summed E-state index contributed by atoms with van der Waals surface area (Å²) in [5.41, 5.74) is 16.6. The topological polar surface area (TPSA) is 190 Å². The number of carboxylic acid groups (broad SMARTS) is 3. The minimum Gasteiger partial charge on any atom is -0.480 e. The summed E-state index contributed by atoms with van der Waals surface area (Å²) >= 11 is 0. The van der Waals surface area contributed by atoms with Gasteiger partial charge >= 0.3 is 17.9 Å². The molecule has 28 heavy (non-hydrogen) atoms. The third-order valence-corrected chi connectivity index (χ3v) is 3.62. The van der Waals surface area contributed by atoms with Crippen molar-refractivity contribution in [2.24, 2.45) is 29.0 Å². The Morgan fingerprint density at radius 1 is 0.750 bits per heavy atom. The molecule has 0 aliphatic heterocycles. The quantitative estimate of drug-likeness (QED) is 0.384. The summed E-state index contributed by atoms with van der Waals surface area (Å²) in [7, 11) is 0. The number of hydrogen-bond donors (Lipinski definition) is 6. The van der Waals surface area contributed by atoms with E-state index in [4.69, 9.17) is 32.5 Å². The van der Waals surface area contributed by atoms with Crippen LogP contribution in [0.2, 0.25) is 0 Å². The molecule has 0 saturated carbocycles. The van der Waals surface area contributed by atoms with Crippen LogP contribution in [-0.4, -0.2) is 51.4 Å². The third-order valence-electron chi connectivity index (χ3n) is 3.62. The Balaban J connectivity index is 0. The van der Waals surface area contributed by atoms with Crippen LogP contribution in [0.25, 0.3) is 0 Å². The van der Waals surface area contributed by atoms with Crippen LogP contribution in [0.5, 0.6) is 0 Å². The van der Waals surface area contributed by atoms with Crippen molar-refractivity contribution in [2.45, 2.75) is 52.2 Å². The van der Waals surface area contributed by atoms with E-state index in [9.17, 15) is 14.4 Å². The second kappa shape index (κ2) is 14.6. The van der Waals surface area contributed by atoms with Crippen molar-refractivity contribution in [1.82, 2.24) is 0 Å². The lowest BCUT2D eigenvalue weighted by molar-refractivity contribution is -0.140. The standard InChI is InChI=1S/C9H11NO2.2C5H11NO2/c10-8(9(11)12)6-7-4-2-1-3-5-7;2*1-3(2)4(6)5(7)8/h1-5,8H,6,10H2,(H,11,12);2*3-4H,6H2,1-2H3,(H,7,8)/t;4-;/m.0./s1. The largest absolute Gasteiger partial charge is 0.480 e. The van der Waals surface area contributed by atoms with Gasteiger partial charge in [0.25, 0.3) is 0 Å². The van der Waals surface area contributed by atoms with Gasteiger partial charge in [-0.25, -0.2) is 0 Å². The van der Waals surface area contributed by atoms with Crippen molar-refractivity contribution in [3.05, 3.63) is 35.9 Å². The molecule has 1 aromatic rings. The maximum atomic E-state index is 10.4. The summed E-state index contributed by atoms with van der Waals surface area (Å²) in [6, 6.07) is 7.12. The van der Waals surface area contributed by atoms with Gasteiger partial charge < -0.3 is 32.5 Å². The third kappa shape index (κ3) is 13.7. The lowest BCUT2D eigenvalue weighted by atomic mass is 10.1. The van der Waals surface area contributed by atoms with E-state index >= 15 is 0 Å². The summed E-state index contributed by atoms with van der Waals surface area (Å²) in [5, 5.41) is 25.0. The summed E-state index contributed by atoms with van der Waals surface area (Å²) in [6.07, 6.45) is 0.385. The van der Waals surface area contributed by atoms with Gasteiger partial charge in [0, 0.05) is 0 Å². The Bertz CT molecular complexity index is 569. The number of hydrogen-bond acceptors (Lipinski definition) is 6. The van der Waals surface area contributed by atoms with E-state index in [0.717, 1.165) is 5.56 Å². The monoisotopic (exact) mass is 399 g/mol. The second-order valence-corrected chi connectivity index (χ2v) is 6.85. The van der Waals surface area contributed by atoms with E-state index in [-0.39, 0.29) is 11.8 Å². The molecule has 0 radical (unpaired) electrons. The molecule has 9 heteroatoms. The zero-order chi connectivity index (χ0) is 22.4. The first-order valence-electron chi connectivity index (χ1n) is 8.80. The molecule has 9 N–H and O–H groups in total. The van der Waals surface area contributed by atoms with Crippen LogP contribution >= 0.6 is 0 Å². The summed E-state index contributed by atoms with van der Waals surface area (Å²) < 4.78 is 0. The van der Waals surface area contributed by atoms with Gasteiger partial charge in [-0.05, 0) is 23.8 Å². The van der Waals surface area contributed by atoms with E-state index in [1.807, 2.05) is 30.3 Å². The number of aliphatic carboxylic acids is 3. The van der Waals surface area contributed by atoms with Gasteiger partial charge in [0.05, 0.1) is 0 Å². The number of carboxylic acids is 3.